The zero-order valence-corrected chi connectivity index (χ0v) is 27.5. The van der Waals surface area contributed by atoms with Crippen LogP contribution in [-0.2, 0) is 0 Å². The molecule has 0 spiro atoms. The lowest BCUT2D eigenvalue weighted by Gasteiger charge is -2.10. The monoisotopic (exact) mass is 651 g/mol. The van der Waals surface area contributed by atoms with E-state index in [0.29, 0.717) is 17.5 Å². The van der Waals surface area contributed by atoms with Crippen molar-refractivity contribution in [1.82, 2.24) is 15.0 Å². The van der Waals surface area contributed by atoms with E-state index < -0.39 is 0 Å². The topological polar surface area (TPSA) is 51.8 Å². The van der Waals surface area contributed by atoms with Crippen molar-refractivity contribution in [2.24, 2.45) is 0 Å². The molecular weight excluding hydrogens is 623 g/mol. The molecule has 0 fully saturated rings. The number of benzene rings is 8. The van der Waals surface area contributed by atoms with Crippen molar-refractivity contribution in [1.29, 1.82) is 0 Å². The van der Waals surface area contributed by atoms with Gasteiger partial charge >= 0.3 is 0 Å². The van der Waals surface area contributed by atoms with Crippen LogP contribution in [0.25, 0.3) is 99.9 Å². The number of fused-ring (bicyclic) bond motifs is 6. The summed E-state index contributed by atoms with van der Waals surface area (Å²) in [6, 6.07) is 61.0. The second-order valence-electron chi connectivity index (χ2n) is 12.8. The quantitative estimate of drug-likeness (QED) is 0.186. The van der Waals surface area contributed by atoms with Crippen LogP contribution >= 0.6 is 0 Å². The predicted molar refractivity (Wildman–Crippen MR) is 209 cm³/mol. The van der Waals surface area contributed by atoms with Crippen molar-refractivity contribution >= 4 is 43.5 Å². The molecule has 0 bridgehead atoms. The molecular formula is C47H29N3O. The van der Waals surface area contributed by atoms with Gasteiger partial charge in [0.25, 0.3) is 0 Å². The molecule has 0 aliphatic carbocycles. The van der Waals surface area contributed by atoms with Crippen molar-refractivity contribution < 1.29 is 4.42 Å². The van der Waals surface area contributed by atoms with Crippen LogP contribution in [0.1, 0.15) is 0 Å². The Morgan fingerprint density at radius 3 is 1.67 bits per heavy atom. The smallest absolute Gasteiger partial charge is 0.167 e. The molecule has 0 aliphatic heterocycles. The van der Waals surface area contributed by atoms with Gasteiger partial charge in [0.2, 0.25) is 0 Å². The van der Waals surface area contributed by atoms with Gasteiger partial charge in [0, 0.05) is 21.9 Å². The standard InChI is InChI=1S/C47H29N3O/c1-3-13-32(14-4-1)41-29-42-43(38-19-10-9-18-37(38)41)39-20-11-21-40(44(39)51-42)47-49-45(33-15-5-2-6-16-33)48-46(50-47)34-25-22-31(23-26-34)36-27-24-30-12-7-8-17-35(30)28-36/h1-29H. The van der Waals surface area contributed by atoms with Gasteiger partial charge in [0.15, 0.2) is 17.5 Å². The van der Waals surface area contributed by atoms with Gasteiger partial charge in [-0.15, -0.1) is 0 Å². The largest absolute Gasteiger partial charge is 0.455 e. The number of furan rings is 1. The van der Waals surface area contributed by atoms with Crippen LogP contribution in [0.15, 0.2) is 180 Å². The van der Waals surface area contributed by atoms with E-state index in [0.717, 1.165) is 60.7 Å². The lowest BCUT2D eigenvalue weighted by molar-refractivity contribution is 0.670. The Morgan fingerprint density at radius 1 is 0.333 bits per heavy atom. The summed E-state index contributed by atoms with van der Waals surface area (Å²) in [5, 5.41) is 6.90. The minimum Gasteiger partial charge on any atom is -0.455 e. The van der Waals surface area contributed by atoms with Crippen LogP contribution in [0.5, 0.6) is 0 Å². The molecule has 4 nitrogen and oxygen atoms in total. The number of rotatable bonds is 5. The number of hydrogen-bond donors (Lipinski definition) is 0. The van der Waals surface area contributed by atoms with Crippen molar-refractivity contribution in [3.05, 3.63) is 176 Å². The SMILES string of the molecule is c1ccc(-c2nc(-c3ccc(-c4ccc5ccccc5c4)cc3)nc(-c3cccc4c3oc3cc(-c5ccccc5)c5ccccc5c34)n2)cc1. The zero-order valence-electron chi connectivity index (χ0n) is 27.5. The van der Waals surface area contributed by atoms with Gasteiger partial charge in [-0.25, -0.2) is 15.0 Å². The van der Waals surface area contributed by atoms with E-state index in [4.69, 9.17) is 19.4 Å². The maximum Gasteiger partial charge on any atom is 0.167 e. The molecule has 0 unspecified atom stereocenters. The number of hydrogen-bond acceptors (Lipinski definition) is 4. The van der Waals surface area contributed by atoms with E-state index in [1.165, 1.54) is 21.7 Å². The third kappa shape index (κ3) is 5.04. The Bertz CT molecular complexity index is 2900. The summed E-state index contributed by atoms with van der Waals surface area (Å²) in [7, 11) is 0. The first-order valence-corrected chi connectivity index (χ1v) is 17.1. The maximum atomic E-state index is 6.79. The van der Waals surface area contributed by atoms with E-state index in [1.54, 1.807) is 0 Å². The second kappa shape index (κ2) is 11.9. The van der Waals surface area contributed by atoms with Gasteiger partial charge in [0.05, 0.1) is 5.56 Å². The maximum absolute atomic E-state index is 6.79. The average molecular weight is 652 g/mol. The molecule has 10 rings (SSSR count). The summed E-state index contributed by atoms with van der Waals surface area (Å²) in [4.78, 5) is 15.2. The molecule has 0 saturated carbocycles. The van der Waals surface area contributed by atoms with Gasteiger partial charge in [-0.3, -0.25) is 0 Å². The fourth-order valence-electron chi connectivity index (χ4n) is 7.22. The normalized spacial score (nSPS) is 11.5. The summed E-state index contributed by atoms with van der Waals surface area (Å²) in [6.45, 7) is 0. The Labute approximate surface area is 294 Å². The molecule has 0 atom stereocenters. The van der Waals surface area contributed by atoms with Crippen LogP contribution in [-0.4, -0.2) is 15.0 Å². The Kier molecular flexibility index (Phi) is 6.78. The highest BCUT2D eigenvalue weighted by Gasteiger charge is 2.20. The third-order valence-corrected chi connectivity index (χ3v) is 9.72. The van der Waals surface area contributed by atoms with E-state index >= 15 is 0 Å². The summed E-state index contributed by atoms with van der Waals surface area (Å²) in [6.07, 6.45) is 0. The van der Waals surface area contributed by atoms with Crippen LogP contribution in [0, 0.1) is 0 Å². The minimum atomic E-state index is 0.565. The average Bonchev–Trinajstić information content (AvgIpc) is 3.60. The van der Waals surface area contributed by atoms with Crippen LogP contribution in [0.3, 0.4) is 0 Å². The van der Waals surface area contributed by atoms with Crippen molar-refractivity contribution in [2.45, 2.75) is 0 Å². The number of para-hydroxylation sites is 1. The molecule has 2 heterocycles. The van der Waals surface area contributed by atoms with Crippen LogP contribution in [0.2, 0.25) is 0 Å². The lowest BCUT2D eigenvalue weighted by Crippen LogP contribution is -2.00. The number of aromatic nitrogens is 3. The van der Waals surface area contributed by atoms with E-state index in [2.05, 4.69) is 133 Å². The first kappa shape index (κ1) is 29.0. The second-order valence-corrected chi connectivity index (χ2v) is 12.8. The van der Waals surface area contributed by atoms with Crippen LogP contribution in [0.4, 0.5) is 0 Å². The van der Waals surface area contributed by atoms with Gasteiger partial charge < -0.3 is 4.42 Å². The van der Waals surface area contributed by atoms with Gasteiger partial charge in [-0.05, 0) is 62.0 Å². The molecule has 2 aromatic heterocycles. The molecule has 238 valence electrons. The number of nitrogens with zero attached hydrogens (tertiary/aromatic N) is 3. The lowest BCUT2D eigenvalue weighted by atomic mass is 9.95. The minimum absolute atomic E-state index is 0.565. The summed E-state index contributed by atoms with van der Waals surface area (Å²) >= 11 is 0. The fourth-order valence-corrected chi connectivity index (χ4v) is 7.22. The van der Waals surface area contributed by atoms with E-state index in [9.17, 15) is 0 Å². The van der Waals surface area contributed by atoms with Crippen molar-refractivity contribution in [2.75, 3.05) is 0 Å². The third-order valence-electron chi connectivity index (χ3n) is 9.72. The van der Waals surface area contributed by atoms with Gasteiger partial charge in [-0.1, -0.05) is 158 Å². The molecule has 0 aliphatic rings. The highest BCUT2D eigenvalue weighted by Crippen LogP contribution is 2.42. The van der Waals surface area contributed by atoms with Gasteiger partial charge in [0.1, 0.15) is 11.2 Å². The molecule has 0 N–H and O–H groups in total. The fraction of sp³-hybridized carbons (Fsp3) is 0. The predicted octanol–water partition coefficient (Wildman–Crippen LogP) is 12.4. The summed E-state index contributed by atoms with van der Waals surface area (Å²) < 4.78 is 6.79. The summed E-state index contributed by atoms with van der Waals surface area (Å²) in [5.41, 5.74) is 8.83. The Balaban J connectivity index is 1.14. The Hall–Kier alpha value is -6.91. The molecule has 0 saturated heterocycles. The van der Waals surface area contributed by atoms with Crippen LogP contribution < -0.4 is 0 Å². The molecule has 8 aromatic carbocycles. The van der Waals surface area contributed by atoms with Crippen molar-refractivity contribution in [3.8, 4) is 56.4 Å². The highest BCUT2D eigenvalue weighted by molar-refractivity contribution is 6.23. The molecule has 4 heteroatoms. The summed E-state index contributed by atoms with van der Waals surface area (Å²) in [5.74, 6) is 1.78. The van der Waals surface area contributed by atoms with E-state index in [-0.39, 0.29) is 0 Å². The first-order valence-electron chi connectivity index (χ1n) is 17.1. The molecule has 51 heavy (non-hydrogen) atoms. The Morgan fingerprint density at radius 2 is 0.902 bits per heavy atom. The first-order chi connectivity index (χ1) is 25.3. The molecule has 10 aromatic rings. The van der Waals surface area contributed by atoms with Crippen molar-refractivity contribution in [3.63, 3.8) is 0 Å². The zero-order chi connectivity index (χ0) is 33.7. The molecule has 0 radical (unpaired) electrons. The highest BCUT2D eigenvalue weighted by atomic mass is 16.3. The van der Waals surface area contributed by atoms with Gasteiger partial charge in [-0.2, -0.15) is 0 Å². The molecule has 0 amide bonds. The van der Waals surface area contributed by atoms with E-state index in [1.807, 2.05) is 42.5 Å².